The van der Waals surface area contributed by atoms with E-state index in [4.69, 9.17) is 0 Å². The van der Waals surface area contributed by atoms with Crippen molar-refractivity contribution in [3.63, 3.8) is 0 Å². The fraction of sp³-hybridized carbons (Fsp3) is 0.208. The summed E-state index contributed by atoms with van der Waals surface area (Å²) in [6, 6.07) is 23.7. The monoisotopic (exact) mass is 420 g/mol. The van der Waals surface area contributed by atoms with Gasteiger partial charge in [0.1, 0.15) is 0 Å². The molecule has 0 bridgehead atoms. The van der Waals surface area contributed by atoms with Gasteiger partial charge in [0.15, 0.2) is 0 Å². The molecule has 0 saturated heterocycles. The molecule has 4 rings (SSSR count). The zero-order chi connectivity index (χ0) is 21.3. The van der Waals surface area contributed by atoms with Gasteiger partial charge in [-0.25, -0.2) is 8.42 Å². The second-order valence-electron chi connectivity index (χ2n) is 7.63. The van der Waals surface area contributed by atoms with E-state index in [-0.39, 0.29) is 16.8 Å². The van der Waals surface area contributed by atoms with E-state index < -0.39 is 10.0 Å². The molecular weight excluding hydrogens is 396 g/mol. The van der Waals surface area contributed by atoms with Crippen LogP contribution in [0.15, 0.2) is 83.8 Å². The average molecular weight is 421 g/mol. The van der Waals surface area contributed by atoms with Gasteiger partial charge in [-0.1, -0.05) is 48.5 Å². The summed E-state index contributed by atoms with van der Waals surface area (Å²) in [7, 11) is -2.05. The molecule has 1 aliphatic rings. The minimum Gasteiger partial charge on any atom is -0.305 e. The second kappa shape index (κ2) is 8.05. The molecule has 1 atom stereocenters. The Labute approximate surface area is 177 Å². The van der Waals surface area contributed by atoms with E-state index >= 15 is 0 Å². The minimum absolute atomic E-state index is 0.0345. The van der Waals surface area contributed by atoms with Gasteiger partial charge in [-0.05, 0) is 54.8 Å². The van der Waals surface area contributed by atoms with E-state index in [2.05, 4.69) is 0 Å². The number of anilines is 1. The lowest BCUT2D eigenvalue weighted by atomic mass is 10.1. The molecule has 0 fully saturated rings. The van der Waals surface area contributed by atoms with E-state index in [1.165, 1.54) is 4.31 Å². The highest BCUT2D eigenvalue weighted by atomic mass is 32.2. The molecule has 0 aromatic heterocycles. The van der Waals surface area contributed by atoms with Crippen LogP contribution in [0, 0.1) is 0 Å². The van der Waals surface area contributed by atoms with E-state index in [9.17, 15) is 13.2 Å². The maximum Gasteiger partial charge on any atom is 0.258 e. The fourth-order valence-corrected chi connectivity index (χ4v) is 5.11. The quantitative estimate of drug-likeness (QED) is 0.624. The SMILES string of the molecule is C[C@H]1Cc2cc(S(=O)(=O)N(C)Cc3ccccc3)ccc2N1C(=O)c1ccccc1. The number of carbonyl (C=O) groups is 1. The van der Waals surface area contributed by atoms with E-state index in [1.807, 2.05) is 55.5 Å². The van der Waals surface area contributed by atoms with Crippen molar-refractivity contribution < 1.29 is 13.2 Å². The Morgan fingerprint density at radius 1 is 1.00 bits per heavy atom. The van der Waals surface area contributed by atoms with Gasteiger partial charge < -0.3 is 4.90 Å². The molecule has 1 aliphatic heterocycles. The van der Waals surface area contributed by atoms with Crippen LogP contribution in [-0.2, 0) is 23.0 Å². The molecule has 154 valence electrons. The van der Waals surface area contributed by atoms with Crippen molar-refractivity contribution in [3.05, 3.63) is 95.6 Å². The molecule has 3 aromatic rings. The van der Waals surface area contributed by atoms with Crippen molar-refractivity contribution in [1.82, 2.24) is 4.31 Å². The van der Waals surface area contributed by atoms with Crippen molar-refractivity contribution in [2.75, 3.05) is 11.9 Å². The smallest absolute Gasteiger partial charge is 0.258 e. The Balaban J connectivity index is 1.61. The second-order valence-corrected chi connectivity index (χ2v) is 9.68. The third-order valence-electron chi connectivity index (χ3n) is 5.46. The number of benzene rings is 3. The predicted octanol–water partition coefficient (Wildman–Crippen LogP) is 4.10. The van der Waals surface area contributed by atoms with Crippen LogP contribution in [0.25, 0.3) is 0 Å². The van der Waals surface area contributed by atoms with Crippen LogP contribution in [0.4, 0.5) is 5.69 Å². The first-order valence-corrected chi connectivity index (χ1v) is 11.3. The van der Waals surface area contributed by atoms with E-state index in [0.717, 1.165) is 16.8 Å². The number of amides is 1. The zero-order valence-corrected chi connectivity index (χ0v) is 17.8. The van der Waals surface area contributed by atoms with Crippen molar-refractivity contribution in [3.8, 4) is 0 Å². The Hall–Kier alpha value is -2.96. The third kappa shape index (κ3) is 3.76. The van der Waals surface area contributed by atoms with Crippen LogP contribution >= 0.6 is 0 Å². The number of sulfonamides is 1. The standard InChI is InChI=1S/C24H24N2O3S/c1-18-15-21-16-22(30(28,29)25(2)17-19-9-5-3-6-10-19)13-14-23(21)26(18)24(27)20-11-7-4-8-12-20/h3-14,16,18H,15,17H2,1-2H3/t18-/m0/s1. The Morgan fingerprint density at radius 2 is 1.63 bits per heavy atom. The highest BCUT2D eigenvalue weighted by Crippen LogP contribution is 2.35. The van der Waals surface area contributed by atoms with Crippen LogP contribution in [0.5, 0.6) is 0 Å². The van der Waals surface area contributed by atoms with Gasteiger partial charge in [-0.2, -0.15) is 4.31 Å². The van der Waals surface area contributed by atoms with Crippen LogP contribution in [-0.4, -0.2) is 31.7 Å². The van der Waals surface area contributed by atoms with Crippen LogP contribution in [0.1, 0.15) is 28.4 Å². The molecular formula is C24H24N2O3S. The number of rotatable bonds is 5. The molecule has 0 spiro atoms. The van der Waals surface area contributed by atoms with E-state index in [1.54, 1.807) is 42.3 Å². The number of nitrogens with zero attached hydrogens (tertiary/aromatic N) is 2. The van der Waals surface area contributed by atoms with Crippen molar-refractivity contribution >= 4 is 21.6 Å². The van der Waals surface area contributed by atoms with Crippen molar-refractivity contribution in [1.29, 1.82) is 0 Å². The van der Waals surface area contributed by atoms with Gasteiger partial charge in [-0.3, -0.25) is 4.79 Å². The molecule has 3 aromatic carbocycles. The molecule has 5 nitrogen and oxygen atoms in total. The van der Waals surface area contributed by atoms with Gasteiger partial charge >= 0.3 is 0 Å². The minimum atomic E-state index is -3.64. The summed E-state index contributed by atoms with van der Waals surface area (Å²) in [4.78, 5) is 15.0. The fourth-order valence-electron chi connectivity index (χ4n) is 3.90. The molecule has 0 unspecified atom stereocenters. The maximum atomic E-state index is 13.1. The lowest BCUT2D eigenvalue weighted by Crippen LogP contribution is -2.35. The predicted molar refractivity (Wildman–Crippen MR) is 118 cm³/mol. The topological polar surface area (TPSA) is 57.7 Å². The van der Waals surface area contributed by atoms with Crippen molar-refractivity contribution in [2.24, 2.45) is 0 Å². The first-order chi connectivity index (χ1) is 14.4. The summed E-state index contributed by atoms with van der Waals surface area (Å²) >= 11 is 0. The first-order valence-electron chi connectivity index (χ1n) is 9.90. The molecule has 0 N–H and O–H groups in total. The summed E-state index contributed by atoms with van der Waals surface area (Å²) in [5, 5.41) is 0. The maximum absolute atomic E-state index is 13.1. The first kappa shape index (κ1) is 20.3. The molecule has 6 heteroatoms. The molecule has 30 heavy (non-hydrogen) atoms. The van der Waals surface area contributed by atoms with Gasteiger partial charge in [0.25, 0.3) is 5.91 Å². The van der Waals surface area contributed by atoms with Gasteiger partial charge in [-0.15, -0.1) is 0 Å². The Morgan fingerprint density at radius 3 is 2.30 bits per heavy atom. The average Bonchev–Trinajstić information content (AvgIpc) is 3.09. The number of hydrogen-bond donors (Lipinski definition) is 0. The summed E-state index contributed by atoms with van der Waals surface area (Å²) in [5.74, 6) is -0.0707. The summed E-state index contributed by atoms with van der Waals surface area (Å²) in [6.45, 7) is 2.28. The third-order valence-corrected chi connectivity index (χ3v) is 7.26. The molecule has 1 heterocycles. The molecule has 0 aliphatic carbocycles. The van der Waals surface area contributed by atoms with Gasteiger partial charge in [0.2, 0.25) is 10.0 Å². The normalized spacial score (nSPS) is 16.0. The Bertz CT molecular complexity index is 1160. The lowest BCUT2D eigenvalue weighted by Gasteiger charge is -2.23. The summed E-state index contributed by atoms with van der Waals surface area (Å²) in [5.41, 5.74) is 3.21. The summed E-state index contributed by atoms with van der Waals surface area (Å²) < 4.78 is 27.6. The largest absolute Gasteiger partial charge is 0.305 e. The van der Waals surface area contributed by atoms with Crippen LogP contribution < -0.4 is 4.90 Å². The lowest BCUT2D eigenvalue weighted by molar-refractivity contribution is 0.0981. The number of fused-ring (bicyclic) bond motifs is 1. The highest BCUT2D eigenvalue weighted by Gasteiger charge is 2.33. The van der Waals surface area contributed by atoms with Gasteiger partial charge in [0, 0.05) is 30.9 Å². The molecule has 0 saturated carbocycles. The number of hydrogen-bond acceptors (Lipinski definition) is 3. The molecule has 1 amide bonds. The van der Waals surface area contributed by atoms with Crippen LogP contribution in [0.3, 0.4) is 0 Å². The molecule has 0 radical (unpaired) electrons. The Kier molecular flexibility index (Phi) is 5.45. The zero-order valence-electron chi connectivity index (χ0n) is 17.0. The highest BCUT2D eigenvalue weighted by molar-refractivity contribution is 7.89. The van der Waals surface area contributed by atoms with Gasteiger partial charge in [0.05, 0.1) is 4.90 Å². The van der Waals surface area contributed by atoms with E-state index in [0.29, 0.717) is 18.5 Å². The van der Waals surface area contributed by atoms with Crippen molar-refractivity contribution in [2.45, 2.75) is 30.8 Å². The summed E-state index contributed by atoms with van der Waals surface area (Å²) in [6.07, 6.45) is 0.625. The van der Waals surface area contributed by atoms with Crippen LogP contribution in [0.2, 0.25) is 0 Å². The number of carbonyl (C=O) groups excluding carboxylic acids is 1.